The van der Waals surface area contributed by atoms with Gasteiger partial charge in [-0.15, -0.1) is 0 Å². The third-order valence-electron chi connectivity index (χ3n) is 5.01. The highest BCUT2D eigenvalue weighted by atomic mass is 79.9. The van der Waals surface area contributed by atoms with E-state index in [1.165, 1.54) is 25.1 Å². The number of nitrogens with one attached hydrogen (secondary N) is 2. The van der Waals surface area contributed by atoms with E-state index < -0.39 is 11.8 Å². The molecule has 0 atom stereocenters. The molecule has 4 rings (SSSR count). The Kier molecular flexibility index (Phi) is 5.63. The van der Waals surface area contributed by atoms with Gasteiger partial charge in [0.25, 0.3) is 17.7 Å². The van der Waals surface area contributed by atoms with Crippen LogP contribution in [0.3, 0.4) is 0 Å². The molecule has 4 amide bonds. The van der Waals surface area contributed by atoms with Crippen LogP contribution in [0.15, 0.2) is 65.1 Å². The van der Waals surface area contributed by atoms with E-state index in [9.17, 15) is 19.2 Å². The highest BCUT2D eigenvalue weighted by Gasteiger charge is 2.37. The van der Waals surface area contributed by atoms with Crippen LogP contribution in [0.1, 0.15) is 43.6 Å². The first-order valence-electron chi connectivity index (χ1n) is 9.72. The minimum Gasteiger partial charge on any atom is -0.326 e. The van der Waals surface area contributed by atoms with Gasteiger partial charge in [-0.3, -0.25) is 19.2 Å². The minimum atomic E-state index is -0.508. The van der Waals surface area contributed by atoms with Crippen LogP contribution in [-0.2, 0) is 4.79 Å². The normalized spacial score (nSPS) is 12.5. The number of nitrogens with zero attached hydrogens (tertiary/aromatic N) is 1. The predicted molar refractivity (Wildman–Crippen MR) is 125 cm³/mol. The molecule has 2 N–H and O–H groups in total. The molecule has 0 fully saturated rings. The van der Waals surface area contributed by atoms with Crippen molar-refractivity contribution in [2.45, 2.75) is 13.8 Å². The molecule has 7 nitrogen and oxygen atoms in total. The quantitative estimate of drug-likeness (QED) is 0.513. The highest BCUT2D eigenvalue weighted by Crippen LogP contribution is 2.30. The second kappa shape index (κ2) is 8.39. The molecule has 160 valence electrons. The van der Waals surface area contributed by atoms with Crippen molar-refractivity contribution >= 4 is 56.6 Å². The molecule has 0 aliphatic carbocycles. The van der Waals surface area contributed by atoms with E-state index in [1.807, 2.05) is 19.1 Å². The van der Waals surface area contributed by atoms with Crippen molar-refractivity contribution in [2.24, 2.45) is 0 Å². The summed E-state index contributed by atoms with van der Waals surface area (Å²) >= 11 is 3.42. The zero-order valence-corrected chi connectivity index (χ0v) is 18.8. The molecule has 0 aromatic heterocycles. The van der Waals surface area contributed by atoms with Gasteiger partial charge in [0, 0.05) is 28.3 Å². The van der Waals surface area contributed by atoms with Crippen LogP contribution in [0.25, 0.3) is 0 Å². The third-order valence-corrected chi connectivity index (χ3v) is 5.90. The van der Waals surface area contributed by atoms with Crippen molar-refractivity contribution in [3.8, 4) is 0 Å². The Bertz CT molecular complexity index is 1280. The van der Waals surface area contributed by atoms with Crippen LogP contribution >= 0.6 is 15.9 Å². The number of fused-ring (bicyclic) bond motifs is 1. The minimum absolute atomic E-state index is 0.167. The number of imide groups is 1. The summed E-state index contributed by atoms with van der Waals surface area (Å²) in [5.74, 6) is -1.57. The first-order valence-corrected chi connectivity index (χ1v) is 10.5. The Morgan fingerprint density at radius 2 is 1.47 bits per heavy atom. The number of halogens is 1. The number of carbonyl (C=O) groups excluding carboxylic acids is 4. The molecule has 1 aliphatic heterocycles. The second-order valence-electron chi connectivity index (χ2n) is 7.35. The molecule has 0 unspecified atom stereocenters. The van der Waals surface area contributed by atoms with Crippen LogP contribution in [-0.4, -0.2) is 23.6 Å². The number of aryl methyl sites for hydroxylation is 1. The molecule has 0 saturated carbocycles. The van der Waals surface area contributed by atoms with E-state index in [-0.39, 0.29) is 28.5 Å². The number of anilines is 3. The Balaban J connectivity index is 1.57. The smallest absolute Gasteiger partial charge is 0.266 e. The van der Waals surface area contributed by atoms with Crippen molar-refractivity contribution in [3.63, 3.8) is 0 Å². The molecule has 0 spiro atoms. The average molecular weight is 492 g/mol. The fraction of sp³-hybridized carbons (Fsp3) is 0.0833. The van der Waals surface area contributed by atoms with Gasteiger partial charge in [0.05, 0.1) is 16.8 Å². The first kappa shape index (κ1) is 21.5. The standard InChI is InChI=1S/C24H18BrN3O4/c1-13-11-17(6-10-21(13)25)27-22(30)15-3-9-19-20(12-15)24(32)28(23(19)31)18-7-4-16(5-8-18)26-14(2)29/h3-12H,1-2H3,(H,26,29)(H,27,30). The maximum Gasteiger partial charge on any atom is 0.266 e. The van der Waals surface area contributed by atoms with Gasteiger partial charge < -0.3 is 10.6 Å². The summed E-state index contributed by atoms with van der Waals surface area (Å²) in [4.78, 5) is 50.8. The first-order chi connectivity index (χ1) is 15.2. The fourth-order valence-electron chi connectivity index (χ4n) is 3.44. The van der Waals surface area contributed by atoms with Crippen LogP contribution in [0.2, 0.25) is 0 Å². The zero-order valence-electron chi connectivity index (χ0n) is 17.2. The lowest BCUT2D eigenvalue weighted by atomic mass is 10.1. The lowest BCUT2D eigenvalue weighted by Crippen LogP contribution is -2.29. The number of rotatable bonds is 4. The van der Waals surface area contributed by atoms with Crippen molar-refractivity contribution in [1.82, 2.24) is 0 Å². The summed E-state index contributed by atoms with van der Waals surface area (Å²) in [5.41, 5.74) is 3.20. The monoisotopic (exact) mass is 491 g/mol. The molecule has 8 heteroatoms. The maximum absolute atomic E-state index is 13.0. The van der Waals surface area contributed by atoms with Crippen molar-refractivity contribution in [1.29, 1.82) is 0 Å². The van der Waals surface area contributed by atoms with Crippen LogP contribution in [0.4, 0.5) is 17.1 Å². The summed E-state index contributed by atoms with van der Waals surface area (Å²) < 4.78 is 0.933. The number of amides is 4. The SMILES string of the molecule is CC(=O)Nc1ccc(N2C(=O)c3ccc(C(=O)Nc4ccc(Br)c(C)c4)cc3C2=O)cc1. The van der Waals surface area contributed by atoms with Gasteiger partial charge in [-0.2, -0.15) is 0 Å². The molecule has 1 heterocycles. The topological polar surface area (TPSA) is 95.6 Å². The second-order valence-corrected chi connectivity index (χ2v) is 8.21. The fourth-order valence-corrected chi connectivity index (χ4v) is 3.69. The number of hydrogen-bond acceptors (Lipinski definition) is 4. The molecule has 0 saturated heterocycles. The zero-order chi connectivity index (χ0) is 23.0. The number of carbonyl (C=O) groups is 4. The Morgan fingerprint density at radius 1 is 0.812 bits per heavy atom. The van der Waals surface area contributed by atoms with Gasteiger partial charge in [0.2, 0.25) is 5.91 Å². The summed E-state index contributed by atoms with van der Waals surface area (Å²) in [6, 6.07) is 16.3. The summed E-state index contributed by atoms with van der Waals surface area (Å²) in [6.07, 6.45) is 0. The maximum atomic E-state index is 13.0. The molecule has 3 aromatic rings. The lowest BCUT2D eigenvalue weighted by molar-refractivity contribution is -0.114. The van der Waals surface area contributed by atoms with Crippen LogP contribution < -0.4 is 15.5 Å². The van der Waals surface area contributed by atoms with Gasteiger partial charge in [0.1, 0.15) is 0 Å². The highest BCUT2D eigenvalue weighted by molar-refractivity contribution is 9.10. The van der Waals surface area contributed by atoms with Crippen molar-refractivity contribution in [2.75, 3.05) is 15.5 Å². The van der Waals surface area contributed by atoms with Crippen molar-refractivity contribution in [3.05, 3.63) is 87.4 Å². The molecule has 3 aromatic carbocycles. The molecule has 0 radical (unpaired) electrons. The van der Waals surface area contributed by atoms with Gasteiger partial charge in [-0.1, -0.05) is 15.9 Å². The van der Waals surface area contributed by atoms with Gasteiger partial charge >= 0.3 is 0 Å². The van der Waals surface area contributed by atoms with E-state index in [0.717, 1.165) is 14.9 Å². The Morgan fingerprint density at radius 3 is 2.12 bits per heavy atom. The van der Waals surface area contributed by atoms with E-state index in [4.69, 9.17) is 0 Å². The predicted octanol–water partition coefficient (Wildman–Crippen LogP) is 4.77. The summed E-state index contributed by atoms with van der Waals surface area (Å²) in [5, 5.41) is 5.44. The van der Waals surface area contributed by atoms with E-state index in [0.29, 0.717) is 17.1 Å². The van der Waals surface area contributed by atoms with Crippen LogP contribution in [0, 0.1) is 6.92 Å². The van der Waals surface area contributed by atoms with Gasteiger partial charge in [0.15, 0.2) is 0 Å². The molecule has 0 bridgehead atoms. The number of benzene rings is 3. The van der Waals surface area contributed by atoms with E-state index in [2.05, 4.69) is 26.6 Å². The third kappa shape index (κ3) is 4.04. The molecule has 32 heavy (non-hydrogen) atoms. The lowest BCUT2D eigenvalue weighted by Gasteiger charge is -2.14. The van der Waals surface area contributed by atoms with E-state index >= 15 is 0 Å². The average Bonchev–Trinajstić information content (AvgIpc) is 3.01. The van der Waals surface area contributed by atoms with E-state index in [1.54, 1.807) is 30.3 Å². The molecule has 1 aliphatic rings. The summed E-state index contributed by atoms with van der Waals surface area (Å²) in [7, 11) is 0. The number of hydrogen-bond donors (Lipinski definition) is 2. The van der Waals surface area contributed by atoms with Crippen LogP contribution in [0.5, 0.6) is 0 Å². The Hall–Kier alpha value is -3.78. The van der Waals surface area contributed by atoms with Crippen molar-refractivity contribution < 1.29 is 19.2 Å². The summed E-state index contributed by atoms with van der Waals surface area (Å²) in [6.45, 7) is 3.31. The van der Waals surface area contributed by atoms with Gasteiger partial charge in [-0.05, 0) is 73.2 Å². The Labute approximate surface area is 192 Å². The molecular formula is C24H18BrN3O4. The largest absolute Gasteiger partial charge is 0.326 e. The van der Waals surface area contributed by atoms with Gasteiger partial charge in [-0.25, -0.2) is 4.90 Å². The molecular weight excluding hydrogens is 474 g/mol.